The minimum absolute atomic E-state index is 0.412. The van der Waals surface area contributed by atoms with Crippen LogP contribution < -0.4 is 10.2 Å². The molecule has 0 aliphatic heterocycles. The van der Waals surface area contributed by atoms with Gasteiger partial charge in [-0.25, -0.2) is 0 Å². The van der Waals surface area contributed by atoms with Crippen LogP contribution in [-0.4, -0.2) is 23.6 Å². The molecule has 4 nitrogen and oxygen atoms in total. The highest BCUT2D eigenvalue weighted by Crippen LogP contribution is 2.21. The first-order valence-corrected chi connectivity index (χ1v) is 7.00. The average molecular weight is 251 g/mol. The van der Waals surface area contributed by atoms with Gasteiger partial charge in [0.25, 0.3) is 6.01 Å². The van der Waals surface area contributed by atoms with Gasteiger partial charge in [0.2, 0.25) is 0 Å². The Morgan fingerprint density at radius 1 is 1.39 bits per heavy atom. The van der Waals surface area contributed by atoms with Gasteiger partial charge in [-0.05, 0) is 32.6 Å². The van der Waals surface area contributed by atoms with E-state index in [-0.39, 0.29) is 0 Å². The lowest BCUT2D eigenvalue weighted by atomic mass is 10.2. The first-order valence-electron chi connectivity index (χ1n) is 7.00. The fraction of sp³-hybridized carbons (Fsp3) is 0.786. The first kappa shape index (κ1) is 13.4. The highest BCUT2D eigenvalue weighted by atomic mass is 16.4. The van der Waals surface area contributed by atoms with Crippen molar-refractivity contribution in [3.63, 3.8) is 0 Å². The second kappa shape index (κ2) is 5.74. The molecule has 1 heterocycles. The summed E-state index contributed by atoms with van der Waals surface area (Å²) in [5, 5.41) is 3.45. The van der Waals surface area contributed by atoms with E-state index >= 15 is 0 Å². The van der Waals surface area contributed by atoms with Crippen molar-refractivity contribution in [1.82, 2.24) is 10.3 Å². The van der Waals surface area contributed by atoms with Crippen LogP contribution in [0.4, 0.5) is 6.01 Å². The molecule has 0 saturated heterocycles. The number of aromatic nitrogens is 1. The summed E-state index contributed by atoms with van der Waals surface area (Å²) >= 11 is 0. The molecule has 0 aromatic carbocycles. The molecule has 102 valence electrons. The van der Waals surface area contributed by atoms with E-state index in [0.29, 0.717) is 18.0 Å². The van der Waals surface area contributed by atoms with Crippen molar-refractivity contribution in [2.24, 2.45) is 5.92 Å². The summed E-state index contributed by atoms with van der Waals surface area (Å²) in [5.41, 5.74) is 1.01. The van der Waals surface area contributed by atoms with Crippen LogP contribution in [0.15, 0.2) is 10.7 Å². The van der Waals surface area contributed by atoms with Gasteiger partial charge in [-0.1, -0.05) is 13.8 Å². The average Bonchev–Trinajstić information content (AvgIpc) is 3.01. The minimum Gasteiger partial charge on any atom is -0.432 e. The molecule has 2 rings (SSSR count). The summed E-state index contributed by atoms with van der Waals surface area (Å²) in [5.74, 6) is 0.604. The zero-order chi connectivity index (χ0) is 13.1. The molecule has 0 spiro atoms. The Morgan fingerprint density at radius 3 is 2.67 bits per heavy atom. The maximum absolute atomic E-state index is 5.62. The van der Waals surface area contributed by atoms with Crippen LogP contribution in [0.2, 0.25) is 0 Å². The van der Waals surface area contributed by atoms with Crippen LogP contribution in [0.5, 0.6) is 0 Å². The first-order chi connectivity index (χ1) is 8.56. The van der Waals surface area contributed by atoms with Gasteiger partial charge < -0.3 is 14.6 Å². The number of hydrogen-bond donors (Lipinski definition) is 1. The van der Waals surface area contributed by atoms with E-state index in [1.807, 2.05) is 0 Å². The fourth-order valence-corrected chi connectivity index (χ4v) is 1.95. The summed E-state index contributed by atoms with van der Waals surface area (Å²) < 4.78 is 5.62. The lowest BCUT2D eigenvalue weighted by Crippen LogP contribution is -2.34. The van der Waals surface area contributed by atoms with Gasteiger partial charge >= 0.3 is 0 Å². The monoisotopic (exact) mass is 251 g/mol. The van der Waals surface area contributed by atoms with Crippen LogP contribution in [0.3, 0.4) is 0 Å². The van der Waals surface area contributed by atoms with Crippen molar-refractivity contribution >= 4 is 6.01 Å². The van der Waals surface area contributed by atoms with Crippen molar-refractivity contribution < 1.29 is 4.42 Å². The third kappa shape index (κ3) is 3.73. The van der Waals surface area contributed by atoms with Crippen molar-refractivity contribution in [3.05, 3.63) is 12.0 Å². The Bertz CT molecular complexity index is 369. The lowest BCUT2D eigenvalue weighted by molar-refractivity contribution is 0.482. The van der Waals surface area contributed by atoms with Gasteiger partial charge in [0.05, 0.1) is 5.69 Å². The summed E-state index contributed by atoms with van der Waals surface area (Å²) in [6.07, 6.45) is 4.38. The molecule has 1 fully saturated rings. The third-order valence-corrected chi connectivity index (χ3v) is 3.12. The molecule has 0 bridgehead atoms. The molecule has 4 heteroatoms. The second-order valence-electron chi connectivity index (χ2n) is 5.92. The molecule has 1 aliphatic carbocycles. The third-order valence-electron chi connectivity index (χ3n) is 3.12. The lowest BCUT2D eigenvalue weighted by Gasteiger charge is -2.26. The summed E-state index contributed by atoms with van der Waals surface area (Å²) in [6, 6.07) is 1.88. The van der Waals surface area contributed by atoms with Crippen molar-refractivity contribution in [2.45, 2.75) is 59.2 Å². The zero-order valence-electron chi connectivity index (χ0n) is 11.9. The van der Waals surface area contributed by atoms with E-state index in [1.54, 1.807) is 6.26 Å². The van der Waals surface area contributed by atoms with Crippen LogP contribution in [-0.2, 0) is 6.54 Å². The van der Waals surface area contributed by atoms with Crippen molar-refractivity contribution in [2.75, 3.05) is 11.4 Å². The highest BCUT2D eigenvalue weighted by molar-refractivity contribution is 5.28. The summed E-state index contributed by atoms with van der Waals surface area (Å²) in [7, 11) is 0. The van der Waals surface area contributed by atoms with Gasteiger partial charge in [0.15, 0.2) is 0 Å². The molecule has 0 atom stereocenters. The van der Waals surface area contributed by atoms with E-state index in [4.69, 9.17) is 4.42 Å². The van der Waals surface area contributed by atoms with E-state index in [2.05, 4.69) is 42.9 Å². The van der Waals surface area contributed by atoms with Gasteiger partial charge in [0.1, 0.15) is 6.26 Å². The summed E-state index contributed by atoms with van der Waals surface area (Å²) in [6.45, 7) is 10.6. The van der Waals surface area contributed by atoms with E-state index in [0.717, 1.165) is 24.8 Å². The maximum Gasteiger partial charge on any atom is 0.297 e. The normalized spacial score (nSPS) is 15.7. The number of oxazole rings is 1. The van der Waals surface area contributed by atoms with Crippen LogP contribution in [0.1, 0.15) is 46.2 Å². The number of nitrogens with zero attached hydrogens (tertiary/aromatic N) is 2. The summed E-state index contributed by atoms with van der Waals surface area (Å²) in [4.78, 5) is 6.81. The highest BCUT2D eigenvalue weighted by Gasteiger charge is 2.21. The molecule has 1 aromatic rings. The van der Waals surface area contributed by atoms with Crippen LogP contribution in [0, 0.1) is 5.92 Å². The molecule has 0 unspecified atom stereocenters. The van der Waals surface area contributed by atoms with Gasteiger partial charge in [-0.15, -0.1) is 0 Å². The van der Waals surface area contributed by atoms with Crippen molar-refractivity contribution in [1.29, 1.82) is 0 Å². The minimum atomic E-state index is 0.412. The largest absolute Gasteiger partial charge is 0.432 e. The quantitative estimate of drug-likeness (QED) is 0.809. The number of anilines is 1. The Morgan fingerprint density at radius 2 is 2.11 bits per heavy atom. The molecule has 18 heavy (non-hydrogen) atoms. The van der Waals surface area contributed by atoms with Crippen molar-refractivity contribution in [3.8, 4) is 0 Å². The molecule has 1 aliphatic rings. The molecular formula is C14H25N3O. The Kier molecular flexibility index (Phi) is 4.27. The Labute approximate surface area is 110 Å². The second-order valence-corrected chi connectivity index (χ2v) is 5.92. The molecular weight excluding hydrogens is 226 g/mol. The Balaban J connectivity index is 1.95. The molecule has 1 saturated carbocycles. The number of nitrogens with one attached hydrogen (secondary N) is 1. The number of rotatable bonds is 7. The van der Waals surface area contributed by atoms with Gasteiger partial charge in [-0.3, -0.25) is 0 Å². The predicted molar refractivity (Wildman–Crippen MR) is 73.7 cm³/mol. The van der Waals surface area contributed by atoms with Gasteiger partial charge in [-0.2, -0.15) is 4.98 Å². The fourth-order valence-electron chi connectivity index (χ4n) is 1.95. The maximum atomic E-state index is 5.62. The van der Waals surface area contributed by atoms with Gasteiger partial charge in [0, 0.05) is 25.2 Å². The Hall–Kier alpha value is -1.03. The van der Waals surface area contributed by atoms with Crippen LogP contribution in [0.25, 0.3) is 0 Å². The molecule has 0 amide bonds. The standard InChI is InChI=1S/C14H25N3O/c1-10(2)8-17(11(3)4)14-16-13(9-18-14)7-15-12-5-6-12/h9-12,15H,5-8H2,1-4H3. The van der Waals surface area contributed by atoms with Crippen LogP contribution >= 0.6 is 0 Å². The topological polar surface area (TPSA) is 41.3 Å². The van der Waals surface area contributed by atoms with E-state index in [9.17, 15) is 0 Å². The molecule has 0 radical (unpaired) electrons. The number of hydrogen-bond acceptors (Lipinski definition) is 4. The van der Waals surface area contributed by atoms with E-state index in [1.165, 1.54) is 12.8 Å². The predicted octanol–water partition coefficient (Wildman–Crippen LogP) is 2.80. The SMILES string of the molecule is CC(C)CN(c1nc(CNC2CC2)co1)C(C)C. The van der Waals surface area contributed by atoms with E-state index < -0.39 is 0 Å². The zero-order valence-corrected chi connectivity index (χ0v) is 11.9. The smallest absolute Gasteiger partial charge is 0.297 e. The molecule has 1 aromatic heterocycles. The molecule has 1 N–H and O–H groups in total.